The van der Waals surface area contributed by atoms with Gasteiger partial charge in [0.15, 0.2) is 0 Å². The minimum atomic E-state index is -0.323. The monoisotopic (exact) mass is 319 g/mol. The standard InChI is InChI=1S/C13H16BrClFN/c14-7-8-17(11-4-2-5-11)9-10-3-1-6-12(16)13(10)15/h1,3,6,11H,2,4-5,7-9H2. The lowest BCUT2D eigenvalue weighted by atomic mass is 9.91. The first kappa shape index (κ1) is 13.3. The molecule has 0 aromatic heterocycles. The van der Waals surface area contributed by atoms with Crippen molar-refractivity contribution in [2.45, 2.75) is 31.8 Å². The summed E-state index contributed by atoms with van der Waals surface area (Å²) in [5.74, 6) is -0.323. The van der Waals surface area contributed by atoms with Gasteiger partial charge in [0, 0.05) is 24.5 Å². The van der Waals surface area contributed by atoms with Gasteiger partial charge in [-0.2, -0.15) is 0 Å². The Balaban J connectivity index is 2.08. The number of benzene rings is 1. The second-order valence-electron chi connectivity index (χ2n) is 4.46. The third kappa shape index (κ3) is 3.21. The molecule has 1 fully saturated rings. The Hall–Kier alpha value is -0.120. The van der Waals surface area contributed by atoms with Crippen molar-refractivity contribution < 1.29 is 4.39 Å². The van der Waals surface area contributed by atoms with Gasteiger partial charge in [-0.3, -0.25) is 4.90 Å². The Morgan fingerprint density at radius 1 is 1.41 bits per heavy atom. The third-order valence-electron chi connectivity index (χ3n) is 3.37. The lowest BCUT2D eigenvalue weighted by Gasteiger charge is -2.37. The van der Waals surface area contributed by atoms with Gasteiger partial charge in [0.25, 0.3) is 0 Å². The predicted octanol–water partition coefficient (Wildman–Crippen LogP) is 4.23. The normalized spacial score (nSPS) is 16.2. The number of hydrogen-bond donors (Lipinski definition) is 0. The number of alkyl halides is 1. The summed E-state index contributed by atoms with van der Waals surface area (Å²) in [5.41, 5.74) is 0.888. The summed E-state index contributed by atoms with van der Waals surface area (Å²) in [6, 6.07) is 5.69. The summed E-state index contributed by atoms with van der Waals surface area (Å²) in [7, 11) is 0. The number of halogens is 3. The Morgan fingerprint density at radius 2 is 2.18 bits per heavy atom. The molecule has 0 amide bonds. The number of hydrogen-bond acceptors (Lipinski definition) is 1. The van der Waals surface area contributed by atoms with Crippen LogP contribution >= 0.6 is 27.5 Å². The lowest BCUT2D eigenvalue weighted by molar-refractivity contribution is 0.128. The van der Waals surface area contributed by atoms with Crippen LogP contribution in [0.5, 0.6) is 0 Å². The molecule has 0 atom stereocenters. The molecule has 1 aliphatic rings. The highest BCUT2D eigenvalue weighted by Gasteiger charge is 2.25. The van der Waals surface area contributed by atoms with Crippen molar-refractivity contribution in [1.82, 2.24) is 4.90 Å². The van der Waals surface area contributed by atoms with Crippen LogP contribution in [0.4, 0.5) is 4.39 Å². The fraction of sp³-hybridized carbons (Fsp3) is 0.538. The van der Waals surface area contributed by atoms with E-state index in [1.807, 2.05) is 6.07 Å². The molecule has 1 aromatic carbocycles. The van der Waals surface area contributed by atoms with Crippen LogP contribution in [0.2, 0.25) is 5.02 Å². The SMILES string of the molecule is Fc1cccc(CN(CCBr)C2CCC2)c1Cl. The Morgan fingerprint density at radius 3 is 2.76 bits per heavy atom. The second-order valence-corrected chi connectivity index (χ2v) is 5.63. The van der Waals surface area contributed by atoms with Gasteiger partial charge < -0.3 is 0 Å². The van der Waals surface area contributed by atoms with Crippen LogP contribution in [0.15, 0.2) is 18.2 Å². The second kappa shape index (κ2) is 6.17. The summed E-state index contributed by atoms with van der Waals surface area (Å²) < 4.78 is 13.4. The van der Waals surface area contributed by atoms with Gasteiger partial charge in [-0.15, -0.1) is 0 Å². The maximum Gasteiger partial charge on any atom is 0.142 e. The molecule has 0 N–H and O–H groups in total. The first-order valence-corrected chi connectivity index (χ1v) is 7.45. The van der Waals surface area contributed by atoms with E-state index in [9.17, 15) is 4.39 Å². The van der Waals surface area contributed by atoms with Gasteiger partial charge in [0.05, 0.1) is 5.02 Å². The first-order chi connectivity index (χ1) is 8.22. The molecular formula is C13H16BrClFN. The summed E-state index contributed by atoms with van der Waals surface area (Å²) in [5, 5.41) is 1.21. The van der Waals surface area contributed by atoms with E-state index >= 15 is 0 Å². The highest BCUT2D eigenvalue weighted by molar-refractivity contribution is 9.09. The molecule has 17 heavy (non-hydrogen) atoms. The van der Waals surface area contributed by atoms with Crippen LogP contribution in [0.3, 0.4) is 0 Å². The van der Waals surface area contributed by atoms with Crippen molar-refractivity contribution in [2.24, 2.45) is 0 Å². The van der Waals surface area contributed by atoms with E-state index in [1.165, 1.54) is 25.3 Å². The first-order valence-electron chi connectivity index (χ1n) is 5.95. The smallest absolute Gasteiger partial charge is 0.142 e. The Kier molecular flexibility index (Phi) is 4.83. The molecule has 2 rings (SSSR count). The van der Waals surface area contributed by atoms with Crippen LogP contribution in [0.25, 0.3) is 0 Å². The van der Waals surface area contributed by atoms with Gasteiger partial charge in [-0.05, 0) is 24.5 Å². The van der Waals surface area contributed by atoms with E-state index in [0.29, 0.717) is 6.04 Å². The molecule has 1 aromatic rings. The molecule has 0 radical (unpaired) electrons. The van der Waals surface area contributed by atoms with Crippen molar-refractivity contribution in [1.29, 1.82) is 0 Å². The molecule has 94 valence electrons. The highest BCUT2D eigenvalue weighted by atomic mass is 79.9. The predicted molar refractivity (Wildman–Crippen MR) is 73.3 cm³/mol. The van der Waals surface area contributed by atoms with Gasteiger partial charge in [0.1, 0.15) is 5.82 Å². The van der Waals surface area contributed by atoms with Crippen LogP contribution < -0.4 is 0 Å². The van der Waals surface area contributed by atoms with E-state index < -0.39 is 0 Å². The molecule has 0 bridgehead atoms. The minimum Gasteiger partial charge on any atom is -0.295 e. The van der Waals surface area contributed by atoms with Gasteiger partial charge in [0.2, 0.25) is 0 Å². The summed E-state index contributed by atoms with van der Waals surface area (Å²) in [4.78, 5) is 2.39. The van der Waals surface area contributed by atoms with Gasteiger partial charge in [-0.25, -0.2) is 4.39 Å². The third-order valence-corrected chi connectivity index (χ3v) is 4.15. The van der Waals surface area contributed by atoms with Gasteiger partial charge in [-0.1, -0.05) is 46.1 Å². The van der Waals surface area contributed by atoms with E-state index in [1.54, 1.807) is 6.07 Å². The molecule has 1 aliphatic carbocycles. The molecule has 0 spiro atoms. The van der Waals surface area contributed by atoms with E-state index in [4.69, 9.17) is 11.6 Å². The zero-order chi connectivity index (χ0) is 12.3. The zero-order valence-electron chi connectivity index (χ0n) is 9.63. The number of rotatable bonds is 5. The minimum absolute atomic E-state index is 0.270. The molecule has 1 nitrogen and oxygen atoms in total. The van der Waals surface area contributed by atoms with Crippen molar-refractivity contribution in [3.8, 4) is 0 Å². The largest absolute Gasteiger partial charge is 0.295 e. The van der Waals surface area contributed by atoms with E-state index in [2.05, 4.69) is 20.8 Å². The highest BCUT2D eigenvalue weighted by Crippen LogP contribution is 2.28. The summed E-state index contributed by atoms with van der Waals surface area (Å²) >= 11 is 9.46. The maximum atomic E-state index is 13.4. The van der Waals surface area contributed by atoms with Crippen LogP contribution in [-0.2, 0) is 6.54 Å². The zero-order valence-corrected chi connectivity index (χ0v) is 12.0. The van der Waals surface area contributed by atoms with Crippen molar-refractivity contribution >= 4 is 27.5 Å². The van der Waals surface area contributed by atoms with Gasteiger partial charge >= 0.3 is 0 Å². The Bertz CT molecular complexity index is 382. The van der Waals surface area contributed by atoms with Crippen molar-refractivity contribution in [2.75, 3.05) is 11.9 Å². The summed E-state index contributed by atoms with van der Waals surface area (Å²) in [6.07, 6.45) is 3.81. The molecule has 0 aliphatic heterocycles. The lowest BCUT2D eigenvalue weighted by Crippen LogP contribution is -2.40. The fourth-order valence-electron chi connectivity index (χ4n) is 2.14. The molecular weight excluding hydrogens is 305 g/mol. The average Bonchev–Trinajstić information content (AvgIpc) is 2.22. The molecule has 1 saturated carbocycles. The van der Waals surface area contributed by atoms with Crippen LogP contribution in [-0.4, -0.2) is 22.8 Å². The topological polar surface area (TPSA) is 3.24 Å². The number of nitrogens with zero attached hydrogens (tertiary/aromatic N) is 1. The fourth-order valence-corrected chi connectivity index (χ4v) is 2.78. The van der Waals surface area contributed by atoms with Crippen molar-refractivity contribution in [3.05, 3.63) is 34.6 Å². The molecule has 0 heterocycles. The van der Waals surface area contributed by atoms with E-state index in [-0.39, 0.29) is 10.8 Å². The molecule has 0 unspecified atom stereocenters. The maximum absolute atomic E-state index is 13.4. The van der Waals surface area contributed by atoms with E-state index in [0.717, 1.165) is 24.0 Å². The molecule has 4 heteroatoms. The van der Waals surface area contributed by atoms with Crippen LogP contribution in [0, 0.1) is 5.82 Å². The van der Waals surface area contributed by atoms with Crippen LogP contribution in [0.1, 0.15) is 24.8 Å². The Labute approximate surface area is 115 Å². The average molecular weight is 321 g/mol. The van der Waals surface area contributed by atoms with Crippen molar-refractivity contribution in [3.63, 3.8) is 0 Å². The summed E-state index contributed by atoms with van der Waals surface area (Å²) in [6.45, 7) is 1.73. The molecule has 0 saturated heterocycles. The quantitative estimate of drug-likeness (QED) is 0.734.